The lowest BCUT2D eigenvalue weighted by molar-refractivity contribution is -0.274. The van der Waals surface area contributed by atoms with Gasteiger partial charge in [-0.2, -0.15) is 0 Å². The maximum atomic E-state index is 12.6. The van der Waals surface area contributed by atoms with Crippen LogP contribution in [0.15, 0.2) is 41.4 Å². The summed E-state index contributed by atoms with van der Waals surface area (Å²) in [5.41, 5.74) is 4.18. The molecular formula is C32H43F3N2O3. The summed E-state index contributed by atoms with van der Waals surface area (Å²) in [6.45, 7) is 10.9. The predicted molar refractivity (Wildman–Crippen MR) is 154 cm³/mol. The van der Waals surface area contributed by atoms with Crippen molar-refractivity contribution in [3.8, 4) is 5.75 Å². The second-order valence-corrected chi connectivity index (χ2v) is 11.6. The van der Waals surface area contributed by atoms with E-state index in [0.29, 0.717) is 23.9 Å². The van der Waals surface area contributed by atoms with Gasteiger partial charge in [-0.15, -0.1) is 13.2 Å². The van der Waals surface area contributed by atoms with Gasteiger partial charge in [0.15, 0.2) is 0 Å². The Morgan fingerprint density at radius 2 is 1.80 bits per heavy atom. The van der Waals surface area contributed by atoms with Crippen LogP contribution in [0.3, 0.4) is 0 Å². The van der Waals surface area contributed by atoms with Gasteiger partial charge in [-0.05, 0) is 110 Å². The van der Waals surface area contributed by atoms with E-state index in [9.17, 15) is 18.0 Å². The second-order valence-electron chi connectivity index (χ2n) is 11.6. The number of carbonyl (C=O) groups is 1. The van der Waals surface area contributed by atoms with Crippen LogP contribution in [0, 0.1) is 37.5 Å². The molecule has 2 aromatic rings. The fourth-order valence-corrected chi connectivity index (χ4v) is 5.88. The van der Waals surface area contributed by atoms with Crippen LogP contribution < -0.4 is 10.1 Å². The van der Waals surface area contributed by atoms with E-state index in [4.69, 9.17) is 9.73 Å². The number of benzene rings is 2. The van der Waals surface area contributed by atoms with E-state index in [1.807, 2.05) is 26.0 Å². The quantitative estimate of drug-likeness (QED) is 0.179. The van der Waals surface area contributed by atoms with E-state index >= 15 is 0 Å². The number of aryl methyl sites for hydroxylation is 2. The molecule has 5 nitrogen and oxygen atoms in total. The Bertz CT molecular complexity index is 1160. The van der Waals surface area contributed by atoms with E-state index < -0.39 is 6.36 Å². The lowest BCUT2D eigenvalue weighted by Crippen LogP contribution is -2.27. The first-order chi connectivity index (χ1) is 18.8. The second kappa shape index (κ2) is 14.0. The zero-order valence-electron chi connectivity index (χ0n) is 24.5. The average molecular weight is 561 g/mol. The van der Waals surface area contributed by atoms with E-state index in [-0.39, 0.29) is 18.1 Å². The normalized spacial score (nSPS) is 19.9. The van der Waals surface area contributed by atoms with E-state index in [1.165, 1.54) is 38.5 Å². The van der Waals surface area contributed by atoms with Gasteiger partial charge in [0.2, 0.25) is 0 Å². The van der Waals surface area contributed by atoms with E-state index in [0.717, 1.165) is 52.9 Å². The molecule has 220 valence electrons. The number of hydrogen-bond acceptors (Lipinski definition) is 4. The molecule has 0 bridgehead atoms. The number of carbonyl (C=O) groups excluding carboxylic acids is 1. The van der Waals surface area contributed by atoms with Gasteiger partial charge in [-0.3, -0.25) is 4.79 Å². The smallest absolute Gasteiger partial charge is 0.469 e. The van der Waals surface area contributed by atoms with Crippen LogP contribution in [0.4, 0.5) is 24.5 Å². The first-order valence-electron chi connectivity index (χ1n) is 14.2. The molecule has 0 aliphatic heterocycles. The van der Waals surface area contributed by atoms with Gasteiger partial charge < -0.3 is 14.8 Å². The molecule has 1 saturated carbocycles. The third-order valence-corrected chi connectivity index (χ3v) is 8.00. The molecule has 1 aliphatic carbocycles. The van der Waals surface area contributed by atoms with Crippen molar-refractivity contribution in [3.63, 3.8) is 0 Å². The molecule has 1 aliphatic rings. The van der Waals surface area contributed by atoms with Crippen molar-refractivity contribution in [3.05, 3.63) is 53.1 Å². The fraction of sp³-hybridized carbons (Fsp3) is 0.562. The first-order valence-corrected chi connectivity index (χ1v) is 14.2. The molecule has 1 unspecified atom stereocenters. The zero-order valence-corrected chi connectivity index (χ0v) is 24.5. The van der Waals surface area contributed by atoms with Crippen LogP contribution in [0.2, 0.25) is 0 Å². The van der Waals surface area contributed by atoms with Crippen molar-refractivity contribution in [2.75, 3.05) is 12.4 Å². The van der Waals surface area contributed by atoms with Crippen LogP contribution in [0.5, 0.6) is 5.75 Å². The summed E-state index contributed by atoms with van der Waals surface area (Å²) >= 11 is 0. The first kappa shape index (κ1) is 31.5. The number of ether oxygens (including phenoxy) is 2. The highest BCUT2D eigenvalue weighted by molar-refractivity contribution is 5.97. The standard InChI is InChI=1S/C32H43F3N2O3/c1-20(2)28-15-10-21(3)16-24(28)8-7-9-30(36-26-11-13-27(14-12-26)40-32(33,34)35)37-29-18-25(19-31(38)39-6)22(4)17-23(29)5/h11-14,17-18,20-21,24,28H,7-10,15-16,19H2,1-6H3,(H,36,37)/t21-,24?,28+/m1/s1. The van der Waals surface area contributed by atoms with E-state index in [1.54, 1.807) is 12.1 Å². The van der Waals surface area contributed by atoms with Gasteiger partial charge >= 0.3 is 12.3 Å². The number of alkyl halides is 3. The van der Waals surface area contributed by atoms with Crippen LogP contribution in [-0.4, -0.2) is 25.3 Å². The van der Waals surface area contributed by atoms with Gasteiger partial charge in [0.05, 0.1) is 19.2 Å². The molecule has 1 N–H and O–H groups in total. The monoisotopic (exact) mass is 560 g/mol. The van der Waals surface area contributed by atoms with Crippen LogP contribution >= 0.6 is 0 Å². The summed E-state index contributed by atoms with van der Waals surface area (Å²) in [5.74, 6) is 2.94. The van der Waals surface area contributed by atoms with Crippen molar-refractivity contribution in [1.29, 1.82) is 0 Å². The molecule has 2 aromatic carbocycles. The van der Waals surface area contributed by atoms with Crippen molar-refractivity contribution < 1.29 is 27.4 Å². The van der Waals surface area contributed by atoms with Crippen molar-refractivity contribution in [1.82, 2.24) is 0 Å². The number of amidine groups is 1. The van der Waals surface area contributed by atoms with Crippen LogP contribution in [0.25, 0.3) is 0 Å². The van der Waals surface area contributed by atoms with Gasteiger partial charge in [0, 0.05) is 12.1 Å². The summed E-state index contributed by atoms with van der Waals surface area (Å²) < 4.78 is 46.7. The minimum Gasteiger partial charge on any atom is -0.469 e. The Kier molecular flexibility index (Phi) is 11.1. The van der Waals surface area contributed by atoms with Gasteiger partial charge in [0.25, 0.3) is 0 Å². The Morgan fingerprint density at radius 3 is 2.42 bits per heavy atom. The van der Waals surface area contributed by atoms with Crippen LogP contribution in [0.1, 0.15) is 76.0 Å². The highest BCUT2D eigenvalue weighted by Crippen LogP contribution is 2.40. The minimum absolute atomic E-state index is 0.158. The Balaban J connectivity index is 1.84. The SMILES string of the molecule is COC(=O)Cc1cc(N=C(CCCC2C[C@H](C)CC[C@H]2C(C)C)Nc2ccc(OC(F)(F)F)cc2)c(C)cc1C. The number of nitrogens with zero attached hydrogens (tertiary/aromatic N) is 1. The summed E-state index contributed by atoms with van der Waals surface area (Å²) in [4.78, 5) is 16.9. The number of halogens is 3. The molecule has 0 saturated heterocycles. The predicted octanol–water partition coefficient (Wildman–Crippen LogP) is 8.94. The summed E-state index contributed by atoms with van der Waals surface area (Å²) in [7, 11) is 1.37. The largest absolute Gasteiger partial charge is 0.573 e. The summed E-state index contributed by atoms with van der Waals surface area (Å²) in [5, 5.41) is 3.33. The Morgan fingerprint density at radius 1 is 1.10 bits per heavy atom. The molecule has 0 amide bonds. The molecule has 1 fully saturated rings. The van der Waals surface area contributed by atoms with Crippen molar-refractivity contribution in [2.24, 2.45) is 28.7 Å². The molecule has 0 spiro atoms. The topological polar surface area (TPSA) is 59.9 Å². The number of rotatable bonds is 10. The Hall–Kier alpha value is -3.03. The van der Waals surface area contributed by atoms with Crippen molar-refractivity contribution >= 4 is 23.2 Å². The molecule has 0 aromatic heterocycles. The lowest BCUT2D eigenvalue weighted by atomic mass is 9.68. The number of esters is 1. The third-order valence-electron chi connectivity index (χ3n) is 8.00. The highest BCUT2D eigenvalue weighted by Gasteiger charge is 2.31. The number of nitrogens with one attached hydrogen (secondary N) is 1. The number of methoxy groups -OCH3 is 1. The van der Waals surface area contributed by atoms with Crippen molar-refractivity contribution in [2.45, 2.75) is 85.9 Å². The zero-order chi connectivity index (χ0) is 29.4. The van der Waals surface area contributed by atoms with Gasteiger partial charge in [-0.1, -0.05) is 33.3 Å². The molecule has 8 heteroatoms. The number of anilines is 1. The highest BCUT2D eigenvalue weighted by atomic mass is 19.4. The maximum Gasteiger partial charge on any atom is 0.573 e. The Labute approximate surface area is 236 Å². The molecule has 3 atom stereocenters. The fourth-order valence-electron chi connectivity index (χ4n) is 5.88. The number of hydrogen-bond donors (Lipinski definition) is 1. The summed E-state index contributed by atoms with van der Waals surface area (Å²) in [6.07, 6.45) is 1.98. The maximum absolute atomic E-state index is 12.6. The average Bonchev–Trinajstić information content (AvgIpc) is 2.86. The number of aliphatic imine (C=N–C) groups is 1. The summed E-state index contributed by atoms with van der Waals surface area (Å²) in [6, 6.07) is 9.61. The molecule has 0 radical (unpaired) electrons. The van der Waals surface area contributed by atoms with Crippen LogP contribution in [-0.2, 0) is 16.0 Å². The molecule has 40 heavy (non-hydrogen) atoms. The van der Waals surface area contributed by atoms with Gasteiger partial charge in [-0.25, -0.2) is 4.99 Å². The van der Waals surface area contributed by atoms with E-state index in [2.05, 4.69) is 30.8 Å². The molecule has 0 heterocycles. The lowest BCUT2D eigenvalue weighted by Gasteiger charge is -2.37. The minimum atomic E-state index is -4.74. The molecule has 3 rings (SSSR count). The molecular weight excluding hydrogens is 517 g/mol. The third kappa shape index (κ3) is 9.56. The van der Waals surface area contributed by atoms with Gasteiger partial charge in [0.1, 0.15) is 11.6 Å².